The van der Waals surface area contributed by atoms with Crippen LogP contribution in [0.1, 0.15) is 5.56 Å². The third kappa shape index (κ3) is 4.63. The molecule has 1 aromatic heterocycles. The minimum atomic E-state index is 0.841. The van der Waals surface area contributed by atoms with Crippen LogP contribution >= 0.6 is 23.1 Å². The van der Waals surface area contributed by atoms with E-state index in [1.54, 1.807) is 37.3 Å². The third-order valence-electron chi connectivity index (χ3n) is 4.53. The fourth-order valence-electron chi connectivity index (χ4n) is 2.96. The number of methoxy groups -OCH3 is 2. The molecule has 1 heterocycles. The Labute approximate surface area is 179 Å². The minimum Gasteiger partial charge on any atom is -0.497 e. The van der Waals surface area contributed by atoms with E-state index in [9.17, 15) is 0 Å². The summed E-state index contributed by atoms with van der Waals surface area (Å²) in [5.74, 6) is 2.59. The van der Waals surface area contributed by atoms with E-state index in [2.05, 4.69) is 48.5 Å². The van der Waals surface area contributed by atoms with Crippen LogP contribution in [0.2, 0.25) is 0 Å². The topological polar surface area (TPSA) is 31.4 Å². The van der Waals surface area contributed by atoms with E-state index < -0.39 is 0 Å². The Morgan fingerprint density at radius 2 is 1.34 bits per heavy atom. The molecule has 0 aliphatic heterocycles. The average Bonchev–Trinajstić information content (AvgIpc) is 3.23. The van der Waals surface area contributed by atoms with Gasteiger partial charge in [-0.1, -0.05) is 42.1 Å². The summed E-state index contributed by atoms with van der Waals surface area (Å²) in [6.45, 7) is 0. The number of benzene rings is 3. The van der Waals surface area contributed by atoms with Gasteiger partial charge in [0.2, 0.25) is 0 Å². The molecule has 4 rings (SSSR count). The number of nitrogens with zero attached hydrogens (tertiary/aromatic N) is 1. The van der Waals surface area contributed by atoms with Crippen LogP contribution in [-0.2, 0) is 5.75 Å². The van der Waals surface area contributed by atoms with Crippen molar-refractivity contribution in [3.05, 3.63) is 84.4 Å². The van der Waals surface area contributed by atoms with Crippen LogP contribution in [0.25, 0.3) is 21.7 Å². The molecule has 29 heavy (non-hydrogen) atoms. The second-order valence-electron chi connectivity index (χ2n) is 6.39. The van der Waals surface area contributed by atoms with Crippen LogP contribution < -0.4 is 9.47 Å². The van der Waals surface area contributed by atoms with Crippen molar-refractivity contribution in [2.45, 2.75) is 10.1 Å². The Morgan fingerprint density at radius 3 is 1.93 bits per heavy atom. The Hall–Kier alpha value is -2.76. The fourth-order valence-corrected chi connectivity index (χ4v) is 5.09. The summed E-state index contributed by atoms with van der Waals surface area (Å²) in [4.78, 5) is 6.14. The maximum Gasteiger partial charge on any atom is 0.151 e. The van der Waals surface area contributed by atoms with E-state index >= 15 is 0 Å². The van der Waals surface area contributed by atoms with Gasteiger partial charge in [0.05, 0.1) is 24.8 Å². The Balaban J connectivity index is 1.68. The smallest absolute Gasteiger partial charge is 0.151 e. The normalized spacial score (nSPS) is 10.7. The zero-order chi connectivity index (χ0) is 20.1. The van der Waals surface area contributed by atoms with Crippen LogP contribution in [0, 0.1) is 0 Å². The molecule has 4 aromatic rings. The van der Waals surface area contributed by atoms with Gasteiger partial charge >= 0.3 is 0 Å². The molecule has 0 fully saturated rings. The average molecular weight is 420 g/mol. The molecular weight excluding hydrogens is 398 g/mol. The first-order valence-electron chi connectivity index (χ1n) is 9.23. The summed E-state index contributed by atoms with van der Waals surface area (Å²) in [7, 11) is 3.36. The van der Waals surface area contributed by atoms with E-state index in [1.165, 1.54) is 5.56 Å². The lowest BCUT2D eigenvalue weighted by atomic mass is 10.1. The first-order valence-corrected chi connectivity index (χ1v) is 11.0. The number of aromatic nitrogens is 1. The Bertz CT molecular complexity index is 994. The highest BCUT2D eigenvalue weighted by Crippen LogP contribution is 2.41. The van der Waals surface area contributed by atoms with E-state index in [4.69, 9.17) is 14.5 Å². The number of thioether (sulfide) groups is 1. The molecule has 0 spiro atoms. The van der Waals surface area contributed by atoms with Crippen molar-refractivity contribution in [1.29, 1.82) is 0 Å². The minimum absolute atomic E-state index is 0.841. The maximum absolute atomic E-state index is 5.31. The maximum atomic E-state index is 5.31. The lowest BCUT2D eigenvalue weighted by Crippen LogP contribution is -1.86. The van der Waals surface area contributed by atoms with E-state index in [0.717, 1.165) is 43.3 Å². The number of hydrogen-bond acceptors (Lipinski definition) is 5. The molecule has 0 bridgehead atoms. The molecule has 0 radical (unpaired) electrons. The summed E-state index contributed by atoms with van der Waals surface area (Å²) in [6, 6.07) is 26.7. The van der Waals surface area contributed by atoms with Gasteiger partial charge in [-0.15, -0.1) is 11.3 Å². The second-order valence-corrected chi connectivity index (χ2v) is 8.61. The van der Waals surface area contributed by atoms with Gasteiger partial charge in [-0.05, 0) is 59.7 Å². The van der Waals surface area contributed by atoms with Crippen molar-refractivity contribution >= 4 is 23.1 Å². The summed E-state index contributed by atoms with van der Waals surface area (Å²) in [5, 5.41) is 0. The molecule has 0 aliphatic carbocycles. The highest BCUT2D eigenvalue weighted by Gasteiger charge is 2.16. The molecule has 0 aliphatic rings. The van der Waals surface area contributed by atoms with Gasteiger partial charge in [0.25, 0.3) is 0 Å². The molecule has 0 amide bonds. The first-order chi connectivity index (χ1) is 14.3. The third-order valence-corrected chi connectivity index (χ3v) is 6.85. The van der Waals surface area contributed by atoms with Gasteiger partial charge in [-0.3, -0.25) is 0 Å². The van der Waals surface area contributed by atoms with Crippen molar-refractivity contribution in [1.82, 2.24) is 4.98 Å². The first kappa shape index (κ1) is 19.6. The number of thiazole rings is 1. The number of ether oxygens (including phenoxy) is 2. The van der Waals surface area contributed by atoms with Gasteiger partial charge in [0.1, 0.15) is 11.5 Å². The van der Waals surface area contributed by atoms with Gasteiger partial charge in [0.15, 0.2) is 4.34 Å². The zero-order valence-electron chi connectivity index (χ0n) is 16.3. The van der Waals surface area contributed by atoms with E-state index in [1.807, 2.05) is 30.3 Å². The lowest BCUT2D eigenvalue weighted by Gasteiger charge is -2.05. The SMILES string of the molecule is COc1ccc(-c2nc(SCc3ccccc3)sc2-c2ccc(OC)cc2)cc1. The molecule has 3 aromatic carbocycles. The molecule has 0 saturated carbocycles. The summed E-state index contributed by atoms with van der Waals surface area (Å²) < 4.78 is 11.7. The van der Waals surface area contributed by atoms with Crippen LogP contribution in [0.5, 0.6) is 11.5 Å². The molecule has 5 heteroatoms. The number of hydrogen-bond donors (Lipinski definition) is 0. The quantitative estimate of drug-likeness (QED) is 0.309. The van der Waals surface area contributed by atoms with Crippen molar-refractivity contribution in [3.8, 4) is 33.2 Å². The van der Waals surface area contributed by atoms with Gasteiger partial charge in [0, 0.05) is 11.3 Å². The molecule has 146 valence electrons. The van der Waals surface area contributed by atoms with Gasteiger partial charge in [-0.2, -0.15) is 0 Å². The van der Waals surface area contributed by atoms with Crippen LogP contribution in [0.4, 0.5) is 0 Å². The van der Waals surface area contributed by atoms with Crippen molar-refractivity contribution < 1.29 is 9.47 Å². The van der Waals surface area contributed by atoms with Crippen molar-refractivity contribution in [3.63, 3.8) is 0 Å². The Kier molecular flexibility index (Phi) is 6.17. The van der Waals surface area contributed by atoms with E-state index in [0.29, 0.717) is 0 Å². The summed E-state index contributed by atoms with van der Waals surface area (Å²) in [6.07, 6.45) is 0. The summed E-state index contributed by atoms with van der Waals surface area (Å²) >= 11 is 3.50. The molecule has 0 unspecified atom stereocenters. The predicted octanol–water partition coefficient (Wildman–Crippen LogP) is 6.79. The van der Waals surface area contributed by atoms with E-state index in [-0.39, 0.29) is 0 Å². The highest BCUT2D eigenvalue weighted by molar-refractivity contribution is 8.00. The van der Waals surface area contributed by atoms with Gasteiger partial charge in [-0.25, -0.2) is 4.98 Å². The standard InChI is InChI=1S/C24H21NO2S2/c1-26-20-12-8-18(9-13-20)22-23(19-10-14-21(27-2)15-11-19)29-24(25-22)28-16-17-6-4-3-5-7-17/h3-15H,16H2,1-2H3. The fraction of sp³-hybridized carbons (Fsp3) is 0.125. The monoisotopic (exact) mass is 419 g/mol. The summed E-state index contributed by atoms with van der Waals surface area (Å²) in [5.41, 5.74) is 4.52. The van der Waals surface area contributed by atoms with Gasteiger partial charge < -0.3 is 9.47 Å². The molecular formula is C24H21NO2S2. The largest absolute Gasteiger partial charge is 0.497 e. The zero-order valence-corrected chi connectivity index (χ0v) is 17.9. The van der Waals surface area contributed by atoms with Crippen LogP contribution in [-0.4, -0.2) is 19.2 Å². The lowest BCUT2D eigenvalue weighted by molar-refractivity contribution is 0.414. The van der Waals surface area contributed by atoms with Crippen LogP contribution in [0.3, 0.4) is 0 Å². The Morgan fingerprint density at radius 1 is 0.759 bits per heavy atom. The number of rotatable bonds is 7. The van der Waals surface area contributed by atoms with Crippen molar-refractivity contribution in [2.24, 2.45) is 0 Å². The predicted molar refractivity (Wildman–Crippen MR) is 122 cm³/mol. The molecule has 0 N–H and O–H groups in total. The second kappa shape index (κ2) is 9.16. The molecule has 3 nitrogen and oxygen atoms in total. The molecule has 0 saturated heterocycles. The highest BCUT2D eigenvalue weighted by atomic mass is 32.2. The molecule has 0 atom stereocenters. The van der Waals surface area contributed by atoms with Crippen molar-refractivity contribution in [2.75, 3.05) is 14.2 Å². The van der Waals surface area contributed by atoms with Crippen LogP contribution in [0.15, 0.2) is 83.2 Å².